The molecule has 2 aromatic heterocycles. The standard InChI is InChI=1S/C18H13ClFN5O3.C2HF3O2/c1-27-14-4-2-3-11(15(14)20)23-17-21-8-10(19)16(25-17)22-9-5-6-13-12(7-9)24-18(26)28-13;3-2(4,5)1(6)7/h2-8H,1H3,(H,24,26)(H2,21,22,23,25);(H,6,7). The Hall–Kier alpha value is -4.33. The molecule has 0 saturated heterocycles. The van der Waals surface area contributed by atoms with Gasteiger partial charge in [-0.1, -0.05) is 17.7 Å². The number of anilines is 4. The lowest BCUT2D eigenvalue weighted by atomic mass is 10.3. The Morgan fingerprint density at radius 2 is 1.94 bits per heavy atom. The molecule has 0 amide bonds. The van der Waals surface area contributed by atoms with E-state index in [1.165, 1.54) is 25.4 Å². The number of carbonyl (C=O) groups is 1. The van der Waals surface area contributed by atoms with Gasteiger partial charge in [-0.2, -0.15) is 18.2 Å². The third kappa shape index (κ3) is 6.38. The fraction of sp³-hybridized carbons (Fsp3) is 0.100. The zero-order valence-electron chi connectivity index (χ0n) is 17.4. The van der Waals surface area contributed by atoms with Crippen LogP contribution in [0.3, 0.4) is 0 Å². The number of methoxy groups -OCH3 is 1. The molecule has 0 fully saturated rings. The van der Waals surface area contributed by atoms with Crippen LogP contribution in [0.4, 0.5) is 40.7 Å². The number of ether oxygens (including phenoxy) is 1. The van der Waals surface area contributed by atoms with Gasteiger partial charge in [0.15, 0.2) is 23.0 Å². The second kappa shape index (κ2) is 10.3. The highest BCUT2D eigenvalue weighted by Crippen LogP contribution is 2.29. The largest absolute Gasteiger partial charge is 0.494 e. The first-order valence-corrected chi connectivity index (χ1v) is 9.68. The van der Waals surface area contributed by atoms with E-state index in [0.717, 1.165) is 0 Å². The maximum atomic E-state index is 14.3. The Labute approximate surface area is 197 Å². The number of halogens is 5. The number of hydrogen-bond acceptors (Lipinski definition) is 8. The molecule has 184 valence electrons. The number of aliphatic carboxylic acids is 1. The molecule has 2 heterocycles. The van der Waals surface area contributed by atoms with E-state index < -0.39 is 23.7 Å². The summed E-state index contributed by atoms with van der Waals surface area (Å²) in [7, 11) is 1.38. The van der Waals surface area contributed by atoms with Crippen molar-refractivity contribution in [2.24, 2.45) is 0 Å². The van der Waals surface area contributed by atoms with Gasteiger partial charge in [0.1, 0.15) is 5.02 Å². The number of oxazole rings is 1. The summed E-state index contributed by atoms with van der Waals surface area (Å²) in [6.07, 6.45) is -3.70. The second-order valence-electron chi connectivity index (χ2n) is 6.49. The van der Waals surface area contributed by atoms with Gasteiger partial charge in [-0.3, -0.25) is 4.98 Å². The minimum atomic E-state index is -5.08. The van der Waals surface area contributed by atoms with Gasteiger partial charge in [-0.25, -0.2) is 19.0 Å². The maximum Gasteiger partial charge on any atom is 0.490 e. The summed E-state index contributed by atoms with van der Waals surface area (Å²) in [6.45, 7) is 0. The van der Waals surface area contributed by atoms with E-state index in [4.69, 9.17) is 30.7 Å². The number of aromatic nitrogens is 3. The predicted octanol–water partition coefficient (Wildman–Crippen LogP) is 4.83. The SMILES string of the molecule is COc1cccc(Nc2ncc(Cl)c(Nc3ccc4oc(=O)[nH]c4c3)n2)c1F.O=C(O)C(F)(F)F. The van der Waals surface area contributed by atoms with Gasteiger partial charge in [0.25, 0.3) is 0 Å². The van der Waals surface area contributed by atoms with Crippen LogP contribution in [0.15, 0.2) is 51.8 Å². The molecule has 0 unspecified atom stereocenters. The van der Waals surface area contributed by atoms with Crippen LogP contribution in [0.5, 0.6) is 5.75 Å². The number of fused-ring (bicyclic) bond motifs is 1. The van der Waals surface area contributed by atoms with E-state index in [-0.39, 0.29) is 22.4 Å². The molecule has 4 aromatic rings. The minimum absolute atomic E-state index is 0.0970. The Morgan fingerprint density at radius 3 is 2.60 bits per heavy atom. The monoisotopic (exact) mass is 515 g/mol. The highest BCUT2D eigenvalue weighted by Gasteiger charge is 2.38. The van der Waals surface area contributed by atoms with Crippen molar-refractivity contribution in [1.82, 2.24) is 15.0 Å². The van der Waals surface area contributed by atoms with E-state index in [0.29, 0.717) is 22.6 Å². The molecule has 10 nitrogen and oxygen atoms in total. The molecular formula is C20H14ClF4N5O5. The van der Waals surface area contributed by atoms with Gasteiger partial charge < -0.3 is 24.9 Å². The van der Waals surface area contributed by atoms with Crippen LogP contribution in [0.25, 0.3) is 11.1 Å². The number of rotatable bonds is 5. The van der Waals surface area contributed by atoms with Crippen molar-refractivity contribution in [1.29, 1.82) is 0 Å². The Bertz CT molecular complexity index is 1420. The van der Waals surface area contributed by atoms with Gasteiger partial charge in [-0.15, -0.1) is 0 Å². The van der Waals surface area contributed by atoms with Gasteiger partial charge >= 0.3 is 17.9 Å². The first kappa shape index (κ1) is 25.3. The minimum Gasteiger partial charge on any atom is -0.494 e. The molecule has 0 spiro atoms. The van der Waals surface area contributed by atoms with Crippen LogP contribution < -0.4 is 21.1 Å². The van der Waals surface area contributed by atoms with E-state index >= 15 is 0 Å². The summed E-state index contributed by atoms with van der Waals surface area (Å²) in [4.78, 5) is 31.1. The molecule has 0 saturated carbocycles. The van der Waals surface area contributed by atoms with Gasteiger partial charge in [0, 0.05) is 5.69 Å². The molecular weight excluding hydrogens is 502 g/mol. The molecule has 0 aliphatic rings. The van der Waals surface area contributed by atoms with Crippen molar-refractivity contribution in [3.8, 4) is 5.75 Å². The Balaban J connectivity index is 0.000000429. The summed E-state index contributed by atoms with van der Waals surface area (Å²) in [5, 5.41) is 13.2. The van der Waals surface area contributed by atoms with Crippen LogP contribution in [0, 0.1) is 5.82 Å². The van der Waals surface area contributed by atoms with Gasteiger partial charge in [0.05, 0.1) is 24.5 Å². The van der Waals surface area contributed by atoms with E-state index in [9.17, 15) is 22.4 Å². The van der Waals surface area contributed by atoms with Crippen LogP contribution in [-0.4, -0.2) is 39.3 Å². The molecule has 0 aliphatic carbocycles. The van der Waals surface area contributed by atoms with Crippen molar-refractivity contribution in [2.75, 3.05) is 17.7 Å². The Kier molecular flexibility index (Phi) is 7.44. The number of hydrogen-bond donors (Lipinski definition) is 4. The van der Waals surface area contributed by atoms with Gasteiger partial charge in [0.2, 0.25) is 5.95 Å². The fourth-order valence-corrected chi connectivity index (χ4v) is 2.71. The smallest absolute Gasteiger partial charge is 0.490 e. The lowest BCUT2D eigenvalue weighted by Crippen LogP contribution is -2.21. The zero-order chi connectivity index (χ0) is 25.8. The van der Waals surface area contributed by atoms with Crippen molar-refractivity contribution >= 4 is 51.8 Å². The van der Waals surface area contributed by atoms with Crippen molar-refractivity contribution < 1.29 is 36.6 Å². The highest BCUT2D eigenvalue weighted by molar-refractivity contribution is 6.32. The molecule has 0 bridgehead atoms. The van der Waals surface area contributed by atoms with Crippen LogP contribution in [-0.2, 0) is 4.79 Å². The topological polar surface area (TPSA) is 142 Å². The summed E-state index contributed by atoms with van der Waals surface area (Å²) >= 11 is 6.16. The first-order valence-electron chi connectivity index (χ1n) is 9.30. The number of carboxylic acid groups (broad SMARTS) is 1. The summed E-state index contributed by atoms with van der Waals surface area (Å²) in [5.74, 6) is -3.33. The lowest BCUT2D eigenvalue weighted by molar-refractivity contribution is -0.192. The molecule has 0 atom stereocenters. The number of benzene rings is 2. The van der Waals surface area contributed by atoms with E-state index in [1.54, 1.807) is 24.3 Å². The second-order valence-corrected chi connectivity index (χ2v) is 6.90. The van der Waals surface area contributed by atoms with Gasteiger partial charge in [-0.05, 0) is 30.3 Å². The number of aromatic amines is 1. The van der Waals surface area contributed by atoms with Crippen molar-refractivity contribution in [3.63, 3.8) is 0 Å². The molecule has 0 radical (unpaired) electrons. The number of alkyl halides is 3. The van der Waals surface area contributed by atoms with Crippen LogP contribution >= 0.6 is 11.6 Å². The lowest BCUT2D eigenvalue weighted by Gasteiger charge is -2.11. The molecule has 4 rings (SSSR count). The molecule has 35 heavy (non-hydrogen) atoms. The Morgan fingerprint density at radius 1 is 1.23 bits per heavy atom. The van der Waals surface area contributed by atoms with Crippen molar-refractivity contribution in [3.05, 3.63) is 64.0 Å². The van der Waals surface area contributed by atoms with Crippen molar-refractivity contribution in [2.45, 2.75) is 6.18 Å². The molecule has 4 N–H and O–H groups in total. The normalized spacial score (nSPS) is 10.9. The third-order valence-corrected chi connectivity index (χ3v) is 4.37. The van der Waals surface area contributed by atoms with E-state index in [2.05, 4.69) is 25.6 Å². The quantitative estimate of drug-likeness (QED) is 0.275. The molecule has 2 aromatic carbocycles. The van der Waals surface area contributed by atoms with Crippen LogP contribution in [0.1, 0.15) is 0 Å². The zero-order valence-corrected chi connectivity index (χ0v) is 18.2. The number of H-pyrrole nitrogens is 1. The number of nitrogens with zero attached hydrogens (tertiary/aromatic N) is 2. The molecule has 0 aliphatic heterocycles. The highest BCUT2D eigenvalue weighted by atomic mass is 35.5. The summed E-state index contributed by atoms with van der Waals surface area (Å²) < 4.78 is 56.0. The summed E-state index contributed by atoms with van der Waals surface area (Å²) in [6, 6.07) is 9.69. The van der Waals surface area contributed by atoms with E-state index in [1.807, 2.05) is 0 Å². The third-order valence-electron chi connectivity index (χ3n) is 4.10. The average Bonchev–Trinajstić information content (AvgIpc) is 3.16. The average molecular weight is 516 g/mol. The number of nitrogens with one attached hydrogen (secondary N) is 3. The predicted molar refractivity (Wildman–Crippen MR) is 117 cm³/mol. The van der Waals surface area contributed by atoms with Crippen LogP contribution in [0.2, 0.25) is 5.02 Å². The number of carboxylic acids is 1. The maximum absolute atomic E-state index is 14.3. The fourth-order valence-electron chi connectivity index (χ4n) is 2.57. The molecule has 15 heteroatoms. The first-order chi connectivity index (χ1) is 16.5. The summed E-state index contributed by atoms with van der Waals surface area (Å²) in [5.41, 5.74) is 1.73.